The minimum Gasteiger partial charge on any atom is -0.346 e. The molecule has 0 spiro atoms. The van der Waals surface area contributed by atoms with Crippen LogP contribution in [0.5, 0.6) is 0 Å². The Kier molecular flexibility index (Phi) is 4.08. The Bertz CT molecular complexity index is 587. The molecule has 3 unspecified atom stereocenters. The summed E-state index contributed by atoms with van der Waals surface area (Å²) in [6.07, 6.45) is 4.06. The molecule has 0 saturated heterocycles. The predicted octanol–water partition coefficient (Wildman–Crippen LogP) is 4.40. The number of hydrogen-bond acceptors (Lipinski definition) is 1. The molecule has 3 rings (SSSR count). The van der Waals surface area contributed by atoms with Crippen LogP contribution in [0, 0.1) is 18.8 Å². The largest absolute Gasteiger partial charge is 0.346 e. The number of nitrogens with one attached hydrogen (secondary N) is 1. The van der Waals surface area contributed by atoms with Crippen LogP contribution in [0.25, 0.3) is 10.9 Å². The van der Waals surface area contributed by atoms with E-state index in [4.69, 9.17) is 0 Å². The van der Waals surface area contributed by atoms with Crippen molar-refractivity contribution in [3.05, 3.63) is 35.5 Å². The SMILES string of the molecule is Cc1c(CNC2CCC(C)CC2C)n(C)c2ccccc12. The molecule has 2 aromatic rings. The topological polar surface area (TPSA) is 17.0 Å². The number of benzene rings is 1. The van der Waals surface area contributed by atoms with Crippen molar-refractivity contribution >= 4 is 10.9 Å². The first-order chi connectivity index (χ1) is 10.1. The lowest BCUT2D eigenvalue weighted by molar-refractivity contribution is 0.226. The molecule has 0 bridgehead atoms. The van der Waals surface area contributed by atoms with Gasteiger partial charge in [0.2, 0.25) is 0 Å². The van der Waals surface area contributed by atoms with Crippen LogP contribution >= 0.6 is 0 Å². The molecule has 1 aromatic heterocycles. The molecule has 1 aliphatic carbocycles. The van der Waals surface area contributed by atoms with E-state index in [1.54, 1.807) is 0 Å². The Morgan fingerprint density at radius 3 is 2.67 bits per heavy atom. The number of aryl methyl sites for hydroxylation is 2. The van der Waals surface area contributed by atoms with Gasteiger partial charge in [-0.25, -0.2) is 0 Å². The first-order valence-corrected chi connectivity index (χ1v) is 8.34. The molecule has 1 aromatic carbocycles. The fraction of sp³-hybridized carbons (Fsp3) is 0.579. The fourth-order valence-corrected chi connectivity index (χ4v) is 4.08. The molecule has 0 radical (unpaired) electrons. The lowest BCUT2D eigenvalue weighted by atomic mass is 9.80. The summed E-state index contributed by atoms with van der Waals surface area (Å²) < 4.78 is 2.35. The third-order valence-corrected chi connectivity index (χ3v) is 5.47. The van der Waals surface area contributed by atoms with Crippen molar-refractivity contribution in [1.29, 1.82) is 0 Å². The molecule has 1 saturated carbocycles. The van der Waals surface area contributed by atoms with Crippen LogP contribution in [0.2, 0.25) is 0 Å². The molecule has 1 heterocycles. The highest BCUT2D eigenvalue weighted by Gasteiger charge is 2.25. The van der Waals surface area contributed by atoms with Crippen LogP contribution in [-0.4, -0.2) is 10.6 Å². The van der Waals surface area contributed by atoms with Crippen LogP contribution in [-0.2, 0) is 13.6 Å². The zero-order chi connectivity index (χ0) is 15.0. The van der Waals surface area contributed by atoms with Crippen molar-refractivity contribution in [3.63, 3.8) is 0 Å². The number of nitrogens with zero attached hydrogens (tertiary/aromatic N) is 1. The number of hydrogen-bond donors (Lipinski definition) is 1. The Balaban J connectivity index is 1.76. The maximum atomic E-state index is 3.83. The van der Waals surface area contributed by atoms with E-state index in [9.17, 15) is 0 Å². The quantitative estimate of drug-likeness (QED) is 0.884. The van der Waals surface area contributed by atoms with Crippen molar-refractivity contribution < 1.29 is 0 Å². The second-order valence-electron chi connectivity index (χ2n) is 7.03. The van der Waals surface area contributed by atoms with E-state index < -0.39 is 0 Å². The zero-order valence-electron chi connectivity index (χ0n) is 13.8. The van der Waals surface area contributed by atoms with Gasteiger partial charge in [0.1, 0.15) is 0 Å². The van der Waals surface area contributed by atoms with Gasteiger partial charge < -0.3 is 9.88 Å². The highest BCUT2D eigenvalue weighted by molar-refractivity contribution is 5.85. The van der Waals surface area contributed by atoms with E-state index in [1.165, 1.54) is 41.4 Å². The van der Waals surface area contributed by atoms with Crippen LogP contribution in [0.4, 0.5) is 0 Å². The minimum absolute atomic E-state index is 0.679. The van der Waals surface area contributed by atoms with Gasteiger partial charge in [0.05, 0.1) is 0 Å². The highest BCUT2D eigenvalue weighted by Crippen LogP contribution is 2.29. The van der Waals surface area contributed by atoms with Gasteiger partial charge in [-0.1, -0.05) is 32.0 Å². The maximum absolute atomic E-state index is 3.83. The fourth-order valence-electron chi connectivity index (χ4n) is 4.08. The summed E-state index contributed by atoms with van der Waals surface area (Å²) in [5.41, 5.74) is 4.21. The van der Waals surface area contributed by atoms with Gasteiger partial charge in [-0.05, 0) is 49.7 Å². The monoisotopic (exact) mass is 284 g/mol. The lowest BCUT2D eigenvalue weighted by Gasteiger charge is -2.33. The number of para-hydroxylation sites is 1. The molecule has 1 fully saturated rings. The molecule has 2 nitrogen and oxygen atoms in total. The van der Waals surface area contributed by atoms with Gasteiger partial charge in [0.15, 0.2) is 0 Å². The smallest absolute Gasteiger partial charge is 0.0483 e. The normalized spacial score (nSPS) is 26.4. The van der Waals surface area contributed by atoms with Gasteiger partial charge >= 0.3 is 0 Å². The van der Waals surface area contributed by atoms with E-state index in [0.29, 0.717) is 6.04 Å². The summed E-state index contributed by atoms with van der Waals surface area (Å²) in [7, 11) is 2.19. The van der Waals surface area contributed by atoms with Gasteiger partial charge in [0.25, 0.3) is 0 Å². The van der Waals surface area contributed by atoms with E-state index in [-0.39, 0.29) is 0 Å². The average Bonchev–Trinajstić information content (AvgIpc) is 2.71. The standard InChI is InChI=1S/C19H28N2/c1-13-9-10-17(14(2)11-13)20-12-19-15(3)16-7-5-6-8-18(16)21(19)4/h5-8,13-14,17,20H,9-12H2,1-4H3. The van der Waals surface area contributed by atoms with Crippen LogP contribution < -0.4 is 5.32 Å². The molecule has 1 aliphatic rings. The highest BCUT2D eigenvalue weighted by atomic mass is 15.0. The summed E-state index contributed by atoms with van der Waals surface area (Å²) in [5.74, 6) is 1.70. The molecule has 3 atom stereocenters. The molecule has 114 valence electrons. The molecule has 21 heavy (non-hydrogen) atoms. The Labute approximate surface area is 128 Å². The number of fused-ring (bicyclic) bond motifs is 1. The van der Waals surface area contributed by atoms with Gasteiger partial charge in [0, 0.05) is 36.2 Å². The molecule has 2 heteroatoms. The Morgan fingerprint density at radius 1 is 1.19 bits per heavy atom. The number of aromatic nitrogens is 1. The van der Waals surface area contributed by atoms with Gasteiger partial charge in [-0.15, -0.1) is 0 Å². The zero-order valence-corrected chi connectivity index (χ0v) is 13.8. The van der Waals surface area contributed by atoms with Crippen molar-refractivity contribution in [2.24, 2.45) is 18.9 Å². The van der Waals surface area contributed by atoms with Crippen LogP contribution in [0.1, 0.15) is 44.4 Å². The summed E-state index contributed by atoms with van der Waals surface area (Å²) >= 11 is 0. The summed E-state index contributed by atoms with van der Waals surface area (Å²) in [6, 6.07) is 9.40. The van der Waals surface area contributed by atoms with Crippen LogP contribution in [0.15, 0.2) is 24.3 Å². The third-order valence-electron chi connectivity index (χ3n) is 5.47. The van der Waals surface area contributed by atoms with E-state index in [2.05, 4.69) is 62.0 Å². The lowest BCUT2D eigenvalue weighted by Crippen LogP contribution is -2.39. The van der Waals surface area contributed by atoms with E-state index in [0.717, 1.165) is 18.4 Å². The molecular formula is C19H28N2. The molecule has 0 aliphatic heterocycles. The van der Waals surface area contributed by atoms with Gasteiger partial charge in [-0.2, -0.15) is 0 Å². The van der Waals surface area contributed by atoms with E-state index >= 15 is 0 Å². The second-order valence-corrected chi connectivity index (χ2v) is 7.03. The van der Waals surface area contributed by atoms with E-state index in [1.807, 2.05) is 0 Å². The van der Waals surface area contributed by atoms with Crippen molar-refractivity contribution in [1.82, 2.24) is 9.88 Å². The first-order valence-electron chi connectivity index (χ1n) is 8.34. The van der Waals surface area contributed by atoms with Crippen molar-refractivity contribution in [2.75, 3.05) is 0 Å². The predicted molar refractivity (Wildman–Crippen MR) is 90.5 cm³/mol. The van der Waals surface area contributed by atoms with Gasteiger partial charge in [-0.3, -0.25) is 0 Å². The van der Waals surface area contributed by atoms with Crippen molar-refractivity contribution in [2.45, 2.75) is 52.6 Å². The second kappa shape index (κ2) is 5.84. The minimum atomic E-state index is 0.679. The average molecular weight is 284 g/mol. The summed E-state index contributed by atoms with van der Waals surface area (Å²) in [6.45, 7) is 8.04. The Hall–Kier alpha value is -1.28. The first kappa shape index (κ1) is 14.6. The summed E-state index contributed by atoms with van der Waals surface area (Å²) in [5, 5.41) is 5.22. The third kappa shape index (κ3) is 2.74. The maximum Gasteiger partial charge on any atom is 0.0483 e. The molecular weight excluding hydrogens is 256 g/mol. The number of rotatable bonds is 3. The van der Waals surface area contributed by atoms with Crippen molar-refractivity contribution in [3.8, 4) is 0 Å². The van der Waals surface area contributed by atoms with Crippen LogP contribution in [0.3, 0.4) is 0 Å². The Morgan fingerprint density at radius 2 is 1.95 bits per heavy atom. The molecule has 1 N–H and O–H groups in total. The molecule has 0 amide bonds. The summed E-state index contributed by atoms with van der Waals surface area (Å²) in [4.78, 5) is 0.